The molecule has 4 nitrogen and oxygen atoms in total. The summed E-state index contributed by atoms with van der Waals surface area (Å²) in [5.74, 6) is -3.91. The number of nitrogens with zero attached hydrogens (tertiary/aromatic N) is 2. The van der Waals surface area contributed by atoms with Gasteiger partial charge in [0.15, 0.2) is 17.5 Å². The molecule has 1 N–H and O–H groups in total. The van der Waals surface area contributed by atoms with Crippen molar-refractivity contribution in [2.45, 2.75) is 6.54 Å². The molecule has 0 aromatic heterocycles. The number of urea groups is 1. The van der Waals surface area contributed by atoms with Crippen molar-refractivity contribution in [1.29, 1.82) is 0 Å². The number of anilines is 1. The van der Waals surface area contributed by atoms with Gasteiger partial charge in [0, 0.05) is 37.7 Å². The summed E-state index contributed by atoms with van der Waals surface area (Å²) in [7, 11) is 0. The first-order valence-electron chi connectivity index (χ1n) is 8.12. The average molecular weight is 384 g/mol. The van der Waals surface area contributed by atoms with Crippen molar-refractivity contribution in [3.63, 3.8) is 0 Å². The zero-order valence-electron chi connectivity index (χ0n) is 13.8. The summed E-state index contributed by atoms with van der Waals surface area (Å²) in [5.41, 5.74) is 0.810. The fraction of sp³-hybridized carbons (Fsp3) is 0.278. The van der Waals surface area contributed by atoms with E-state index in [1.807, 2.05) is 18.2 Å². The number of nitrogens with one attached hydrogen (secondary N) is 1. The lowest BCUT2D eigenvalue weighted by Gasteiger charge is -2.36. The van der Waals surface area contributed by atoms with E-state index in [1.54, 1.807) is 15.9 Å². The predicted octanol–water partition coefficient (Wildman–Crippen LogP) is 3.79. The molecule has 2 aromatic carbocycles. The van der Waals surface area contributed by atoms with Gasteiger partial charge in [-0.3, -0.25) is 0 Å². The van der Waals surface area contributed by atoms with Crippen LogP contribution < -0.4 is 10.2 Å². The normalized spacial score (nSPS) is 14.5. The Balaban J connectivity index is 1.56. The van der Waals surface area contributed by atoms with Crippen molar-refractivity contribution >= 4 is 23.3 Å². The van der Waals surface area contributed by atoms with Gasteiger partial charge in [0.2, 0.25) is 0 Å². The quantitative estimate of drug-likeness (QED) is 0.818. The molecule has 2 amide bonds. The maximum absolute atomic E-state index is 13.9. The van der Waals surface area contributed by atoms with E-state index >= 15 is 0 Å². The minimum atomic E-state index is -1.48. The van der Waals surface area contributed by atoms with Crippen molar-refractivity contribution in [1.82, 2.24) is 10.2 Å². The van der Waals surface area contributed by atoms with Crippen LogP contribution >= 0.6 is 11.6 Å². The van der Waals surface area contributed by atoms with E-state index < -0.39 is 17.5 Å². The summed E-state index contributed by atoms with van der Waals surface area (Å²) in [5, 5.41) is 3.37. The van der Waals surface area contributed by atoms with Gasteiger partial charge in [0.1, 0.15) is 0 Å². The molecule has 1 heterocycles. The van der Waals surface area contributed by atoms with E-state index in [-0.39, 0.29) is 11.7 Å². The molecule has 1 saturated heterocycles. The molecular weight excluding hydrogens is 367 g/mol. The van der Waals surface area contributed by atoms with Crippen molar-refractivity contribution in [3.05, 3.63) is 64.4 Å². The molecule has 0 aliphatic carbocycles. The Morgan fingerprint density at radius 2 is 1.69 bits per heavy atom. The number of rotatable bonds is 3. The first-order valence-corrected chi connectivity index (χ1v) is 8.50. The lowest BCUT2D eigenvalue weighted by molar-refractivity contribution is 0.194. The molecule has 0 unspecified atom stereocenters. The second-order valence-electron chi connectivity index (χ2n) is 5.92. The van der Waals surface area contributed by atoms with Crippen LogP contribution in [-0.4, -0.2) is 37.1 Å². The number of benzene rings is 2. The monoisotopic (exact) mass is 383 g/mol. The van der Waals surface area contributed by atoms with Crippen molar-refractivity contribution in [2.75, 3.05) is 31.1 Å². The third-order valence-electron chi connectivity index (χ3n) is 4.31. The molecule has 0 radical (unpaired) electrons. The van der Waals surface area contributed by atoms with E-state index in [2.05, 4.69) is 5.32 Å². The summed E-state index contributed by atoms with van der Waals surface area (Å²) in [6.45, 7) is 1.62. The van der Waals surface area contributed by atoms with Gasteiger partial charge in [0.05, 0.1) is 5.69 Å². The number of halogens is 4. The highest BCUT2D eigenvalue weighted by Crippen LogP contribution is 2.24. The molecule has 0 bridgehead atoms. The van der Waals surface area contributed by atoms with Gasteiger partial charge in [-0.25, -0.2) is 18.0 Å². The second-order valence-corrected chi connectivity index (χ2v) is 6.33. The van der Waals surface area contributed by atoms with E-state index in [0.29, 0.717) is 37.7 Å². The molecule has 1 aliphatic rings. The first kappa shape index (κ1) is 18.4. The van der Waals surface area contributed by atoms with Crippen LogP contribution in [0.2, 0.25) is 5.02 Å². The number of amides is 2. The lowest BCUT2D eigenvalue weighted by atomic mass is 10.2. The molecule has 3 rings (SSSR count). The Hall–Kier alpha value is -2.41. The summed E-state index contributed by atoms with van der Waals surface area (Å²) >= 11 is 6.05. The van der Waals surface area contributed by atoms with Crippen molar-refractivity contribution in [2.24, 2.45) is 0 Å². The fourth-order valence-electron chi connectivity index (χ4n) is 2.83. The summed E-state index contributed by atoms with van der Waals surface area (Å²) in [6, 6.07) is 9.07. The number of piperazine rings is 1. The fourth-order valence-corrected chi connectivity index (χ4v) is 3.04. The van der Waals surface area contributed by atoms with E-state index in [0.717, 1.165) is 11.6 Å². The number of hydrogen-bond acceptors (Lipinski definition) is 2. The van der Waals surface area contributed by atoms with Crippen LogP contribution in [0, 0.1) is 17.5 Å². The predicted molar refractivity (Wildman–Crippen MR) is 93.8 cm³/mol. The molecule has 0 atom stereocenters. The van der Waals surface area contributed by atoms with Crippen LogP contribution in [0.5, 0.6) is 0 Å². The topological polar surface area (TPSA) is 35.6 Å². The maximum Gasteiger partial charge on any atom is 0.317 e. The van der Waals surface area contributed by atoms with Gasteiger partial charge >= 0.3 is 6.03 Å². The van der Waals surface area contributed by atoms with Crippen LogP contribution in [0.3, 0.4) is 0 Å². The Labute approximate surface area is 154 Å². The zero-order chi connectivity index (χ0) is 18.7. The number of hydrogen-bond donors (Lipinski definition) is 1. The Morgan fingerprint density at radius 3 is 2.38 bits per heavy atom. The Kier molecular flexibility index (Phi) is 5.56. The van der Waals surface area contributed by atoms with Crippen molar-refractivity contribution in [3.8, 4) is 0 Å². The highest BCUT2D eigenvalue weighted by atomic mass is 35.5. The zero-order valence-corrected chi connectivity index (χ0v) is 14.6. The Bertz CT molecular complexity index is 810. The maximum atomic E-state index is 13.9. The highest BCUT2D eigenvalue weighted by Gasteiger charge is 2.24. The molecule has 0 saturated carbocycles. The Morgan fingerprint density at radius 1 is 1.00 bits per heavy atom. The van der Waals surface area contributed by atoms with Gasteiger partial charge in [-0.2, -0.15) is 0 Å². The SMILES string of the molecule is O=C(NCc1ccccc1Cl)N1CCN(c2ccc(F)c(F)c2F)CC1. The van der Waals surface area contributed by atoms with Gasteiger partial charge < -0.3 is 15.1 Å². The molecule has 26 heavy (non-hydrogen) atoms. The molecule has 1 fully saturated rings. The second kappa shape index (κ2) is 7.86. The minimum absolute atomic E-state index is 0.0000236. The number of carbonyl (C=O) groups excluding carboxylic acids is 1. The molecular formula is C18H17ClF3N3O. The summed E-state index contributed by atoms with van der Waals surface area (Å²) in [4.78, 5) is 15.4. The lowest BCUT2D eigenvalue weighted by Crippen LogP contribution is -2.52. The van der Waals surface area contributed by atoms with Crippen LogP contribution in [0.15, 0.2) is 36.4 Å². The smallest absolute Gasteiger partial charge is 0.317 e. The molecule has 138 valence electrons. The molecule has 0 spiro atoms. The van der Waals surface area contributed by atoms with Crippen LogP contribution in [-0.2, 0) is 6.54 Å². The van der Waals surface area contributed by atoms with Gasteiger partial charge in [-0.1, -0.05) is 29.8 Å². The molecule has 8 heteroatoms. The van der Waals surface area contributed by atoms with E-state index in [9.17, 15) is 18.0 Å². The van der Waals surface area contributed by atoms with Crippen molar-refractivity contribution < 1.29 is 18.0 Å². The van der Waals surface area contributed by atoms with E-state index in [4.69, 9.17) is 11.6 Å². The van der Waals surface area contributed by atoms with Gasteiger partial charge in [-0.15, -0.1) is 0 Å². The first-order chi connectivity index (χ1) is 12.5. The van der Waals surface area contributed by atoms with E-state index in [1.165, 1.54) is 6.07 Å². The molecule has 2 aromatic rings. The minimum Gasteiger partial charge on any atom is -0.366 e. The van der Waals surface area contributed by atoms with Gasteiger partial charge in [-0.05, 0) is 23.8 Å². The average Bonchev–Trinajstić information content (AvgIpc) is 2.65. The van der Waals surface area contributed by atoms with Crippen LogP contribution in [0.25, 0.3) is 0 Å². The van der Waals surface area contributed by atoms with Gasteiger partial charge in [0.25, 0.3) is 0 Å². The number of carbonyl (C=O) groups is 1. The third-order valence-corrected chi connectivity index (χ3v) is 4.68. The summed E-state index contributed by atoms with van der Waals surface area (Å²) in [6.07, 6.45) is 0. The van der Waals surface area contributed by atoms with Crippen LogP contribution in [0.1, 0.15) is 5.56 Å². The summed E-state index contributed by atoms with van der Waals surface area (Å²) < 4.78 is 40.3. The standard InChI is InChI=1S/C18H17ClF3N3O/c19-13-4-2-1-3-12(13)11-23-18(26)25-9-7-24(8-10-25)15-6-5-14(20)16(21)17(15)22/h1-6H,7-11H2,(H,23,26). The highest BCUT2D eigenvalue weighted by molar-refractivity contribution is 6.31. The largest absolute Gasteiger partial charge is 0.366 e. The molecule has 1 aliphatic heterocycles. The third kappa shape index (κ3) is 3.88. The van der Waals surface area contributed by atoms with Crippen LogP contribution in [0.4, 0.5) is 23.7 Å².